The molecular formula is C23H36O3. The Morgan fingerprint density at radius 1 is 0.923 bits per heavy atom. The summed E-state index contributed by atoms with van der Waals surface area (Å²) in [5.41, 5.74) is 1.17. The van der Waals surface area contributed by atoms with Crippen molar-refractivity contribution in [1.82, 2.24) is 0 Å². The van der Waals surface area contributed by atoms with E-state index in [0.29, 0.717) is 13.0 Å². The van der Waals surface area contributed by atoms with Crippen LogP contribution in [0.2, 0.25) is 0 Å². The van der Waals surface area contributed by atoms with E-state index in [0.717, 1.165) is 18.6 Å². The van der Waals surface area contributed by atoms with E-state index in [1.54, 1.807) is 0 Å². The third-order valence-corrected chi connectivity index (χ3v) is 4.55. The highest BCUT2D eigenvalue weighted by Gasteiger charge is 2.01. The summed E-state index contributed by atoms with van der Waals surface area (Å²) in [4.78, 5) is 10.3. The first-order valence-electron chi connectivity index (χ1n) is 10.3. The predicted molar refractivity (Wildman–Crippen MR) is 110 cm³/mol. The predicted octanol–water partition coefficient (Wildman–Crippen LogP) is 6.86. The second kappa shape index (κ2) is 15.5. The van der Waals surface area contributed by atoms with Crippen molar-refractivity contribution in [2.75, 3.05) is 6.61 Å². The van der Waals surface area contributed by atoms with Crippen molar-refractivity contribution >= 4 is 12.0 Å². The highest BCUT2D eigenvalue weighted by molar-refractivity contribution is 5.66. The number of fused-ring (bicyclic) bond motifs is 1. The molecule has 1 aromatic carbocycles. The van der Waals surface area contributed by atoms with Crippen LogP contribution in [0.25, 0.3) is 6.08 Å². The number of aliphatic carboxylic acids is 1. The Morgan fingerprint density at radius 2 is 1.50 bits per heavy atom. The minimum Gasteiger partial charge on any atom is -0.489 e. The fraction of sp³-hybridized carbons (Fsp3) is 0.609. The normalized spacial score (nSPS) is 11.9. The second-order valence-electron chi connectivity index (χ2n) is 6.93. The number of hydrogen-bond acceptors (Lipinski definition) is 2. The zero-order valence-corrected chi connectivity index (χ0v) is 16.4. The minimum absolute atomic E-state index is 0.344. The van der Waals surface area contributed by atoms with Crippen LogP contribution in [0, 0.1) is 0 Å². The molecule has 26 heavy (non-hydrogen) atoms. The van der Waals surface area contributed by atoms with E-state index in [9.17, 15) is 4.79 Å². The molecule has 0 aliphatic carbocycles. The largest absolute Gasteiger partial charge is 0.489 e. The monoisotopic (exact) mass is 360 g/mol. The molecule has 0 unspecified atom stereocenters. The van der Waals surface area contributed by atoms with Crippen LogP contribution in [0.4, 0.5) is 0 Å². The molecule has 0 radical (unpaired) electrons. The van der Waals surface area contributed by atoms with Crippen LogP contribution in [0.5, 0.6) is 5.75 Å². The highest BCUT2D eigenvalue weighted by atomic mass is 16.5. The molecule has 0 spiro atoms. The lowest BCUT2D eigenvalue weighted by Crippen LogP contribution is -1.98. The number of unbranched alkanes of at least 4 members (excludes halogenated alkanes) is 10. The molecule has 1 aliphatic heterocycles. The van der Waals surface area contributed by atoms with Gasteiger partial charge < -0.3 is 9.84 Å². The zero-order valence-electron chi connectivity index (χ0n) is 16.4. The van der Waals surface area contributed by atoms with Crippen LogP contribution in [-0.4, -0.2) is 17.7 Å². The number of para-hydroxylation sites is 1. The van der Waals surface area contributed by atoms with Gasteiger partial charge in [-0.25, -0.2) is 0 Å². The Balaban J connectivity index is 0.000000284. The molecule has 1 N–H and O–H groups in total. The summed E-state index contributed by atoms with van der Waals surface area (Å²) in [6, 6.07) is 8.03. The van der Waals surface area contributed by atoms with Crippen molar-refractivity contribution in [2.24, 2.45) is 0 Å². The summed E-state index contributed by atoms with van der Waals surface area (Å²) in [5, 5.41) is 8.46. The molecule has 1 aliphatic rings. The number of carboxylic acid groups (broad SMARTS) is 1. The molecular weight excluding hydrogens is 324 g/mol. The van der Waals surface area contributed by atoms with Gasteiger partial charge in [-0.15, -0.1) is 0 Å². The molecule has 0 atom stereocenters. The smallest absolute Gasteiger partial charge is 0.303 e. The summed E-state index contributed by atoms with van der Waals surface area (Å²) in [6.07, 6.45) is 18.5. The molecule has 0 fully saturated rings. The SMILES string of the molecule is C1=Cc2ccccc2OC1.CCCCCCCCCCCCCC(=O)O. The van der Waals surface area contributed by atoms with E-state index in [4.69, 9.17) is 9.84 Å². The quantitative estimate of drug-likeness (QED) is 0.414. The van der Waals surface area contributed by atoms with Crippen LogP contribution in [0.15, 0.2) is 30.3 Å². The van der Waals surface area contributed by atoms with Gasteiger partial charge in [0.05, 0.1) is 0 Å². The van der Waals surface area contributed by atoms with Crippen molar-refractivity contribution in [3.63, 3.8) is 0 Å². The first-order valence-corrected chi connectivity index (χ1v) is 10.3. The molecule has 2 rings (SSSR count). The lowest BCUT2D eigenvalue weighted by atomic mass is 10.1. The van der Waals surface area contributed by atoms with Gasteiger partial charge in [0.15, 0.2) is 0 Å². The number of rotatable bonds is 12. The van der Waals surface area contributed by atoms with Crippen molar-refractivity contribution < 1.29 is 14.6 Å². The van der Waals surface area contributed by atoms with E-state index in [1.807, 2.05) is 30.3 Å². The van der Waals surface area contributed by atoms with Gasteiger partial charge in [0.25, 0.3) is 0 Å². The van der Waals surface area contributed by atoms with Crippen LogP contribution in [0.1, 0.15) is 89.5 Å². The van der Waals surface area contributed by atoms with E-state index in [-0.39, 0.29) is 0 Å². The van der Waals surface area contributed by atoms with Gasteiger partial charge in [-0.2, -0.15) is 0 Å². The third kappa shape index (κ3) is 11.7. The number of hydrogen-bond donors (Lipinski definition) is 1. The first-order chi connectivity index (χ1) is 12.7. The van der Waals surface area contributed by atoms with E-state index in [2.05, 4.69) is 13.0 Å². The molecule has 146 valence electrons. The van der Waals surface area contributed by atoms with Gasteiger partial charge in [0.1, 0.15) is 12.4 Å². The third-order valence-electron chi connectivity index (χ3n) is 4.55. The standard InChI is InChI=1S/C14H28O2.C9H8O/c1-2-3-4-5-6-7-8-9-10-11-12-13-14(15)16;1-2-6-9-8(4-1)5-3-7-10-9/h2-13H2,1H3,(H,15,16);1-6H,7H2. The number of benzene rings is 1. The van der Waals surface area contributed by atoms with Gasteiger partial charge in [0, 0.05) is 12.0 Å². The molecule has 3 nitrogen and oxygen atoms in total. The van der Waals surface area contributed by atoms with Gasteiger partial charge in [0.2, 0.25) is 0 Å². The van der Waals surface area contributed by atoms with Gasteiger partial charge in [-0.1, -0.05) is 95.4 Å². The molecule has 1 aromatic rings. The lowest BCUT2D eigenvalue weighted by molar-refractivity contribution is -0.137. The number of carbonyl (C=O) groups is 1. The molecule has 0 amide bonds. The van der Waals surface area contributed by atoms with Crippen LogP contribution in [-0.2, 0) is 4.79 Å². The molecule has 0 aromatic heterocycles. The summed E-state index contributed by atoms with van der Waals surface area (Å²) >= 11 is 0. The average molecular weight is 361 g/mol. The van der Waals surface area contributed by atoms with Gasteiger partial charge in [-0.05, 0) is 18.6 Å². The first kappa shape index (κ1) is 22.3. The Kier molecular flexibility index (Phi) is 13.3. The molecule has 0 saturated heterocycles. The Hall–Kier alpha value is -1.77. The van der Waals surface area contributed by atoms with Crippen molar-refractivity contribution in [2.45, 2.75) is 84.0 Å². The van der Waals surface area contributed by atoms with Crippen molar-refractivity contribution in [1.29, 1.82) is 0 Å². The average Bonchev–Trinajstić information content (AvgIpc) is 2.66. The molecule has 3 heteroatoms. The fourth-order valence-corrected chi connectivity index (χ4v) is 3.00. The van der Waals surface area contributed by atoms with Crippen molar-refractivity contribution in [3.8, 4) is 5.75 Å². The molecule has 1 heterocycles. The Morgan fingerprint density at radius 3 is 2.08 bits per heavy atom. The Labute approximate surface area is 159 Å². The maximum atomic E-state index is 10.3. The maximum Gasteiger partial charge on any atom is 0.303 e. The maximum absolute atomic E-state index is 10.3. The second-order valence-corrected chi connectivity index (χ2v) is 6.93. The number of ether oxygens (including phenoxy) is 1. The highest BCUT2D eigenvalue weighted by Crippen LogP contribution is 2.21. The number of carboxylic acids is 1. The Bertz CT molecular complexity index is 508. The van der Waals surface area contributed by atoms with E-state index in [1.165, 1.54) is 63.4 Å². The van der Waals surface area contributed by atoms with E-state index < -0.39 is 5.97 Å². The van der Waals surface area contributed by atoms with Gasteiger partial charge >= 0.3 is 5.97 Å². The zero-order chi connectivity index (χ0) is 18.9. The minimum atomic E-state index is -0.657. The molecule has 0 saturated carbocycles. The topological polar surface area (TPSA) is 46.5 Å². The summed E-state index contributed by atoms with van der Waals surface area (Å²) in [6.45, 7) is 2.95. The summed E-state index contributed by atoms with van der Waals surface area (Å²) < 4.78 is 5.34. The molecule has 0 bridgehead atoms. The van der Waals surface area contributed by atoms with Crippen LogP contribution in [0.3, 0.4) is 0 Å². The van der Waals surface area contributed by atoms with Gasteiger partial charge in [-0.3, -0.25) is 4.79 Å². The lowest BCUT2D eigenvalue weighted by Gasteiger charge is -2.10. The fourth-order valence-electron chi connectivity index (χ4n) is 3.00. The van der Waals surface area contributed by atoms with Crippen LogP contribution < -0.4 is 4.74 Å². The van der Waals surface area contributed by atoms with E-state index >= 15 is 0 Å². The summed E-state index contributed by atoms with van der Waals surface area (Å²) in [7, 11) is 0. The van der Waals surface area contributed by atoms with Crippen LogP contribution >= 0.6 is 0 Å². The van der Waals surface area contributed by atoms with Crippen molar-refractivity contribution in [3.05, 3.63) is 35.9 Å². The summed E-state index contributed by atoms with van der Waals surface area (Å²) in [5.74, 6) is 0.334.